The molecule has 0 fully saturated rings. The van der Waals surface area contributed by atoms with Crippen LogP contribution in [0.4, 0.5) is 13.2 Å². The maximum atomic E-state index is 12.4. The minimum Gasteiger partial charge on any atom is -0.508 e. The highest BCUT2D eigenvalue weighted by Crippen LogP contribution is 2.20. The average molecular weight is 302 g/mol. The van der Waals surface area contributed by atoms with E-state index in [1.807, 2.05) is 5.10 Å². The van der Waals surface area contributed by atoms with Gasteiger partial charge in [-0.15, -0.1) is 0 Å². The van der Waals surface area contributed by atoms with E-state index in [2.05, 4.69) is 5.10 Å². The number of nitrogens with zero attached hydrogens (tertiary/aromatic N) is 2. The van der Waals surface area contributed by atoms with Crippen LogP contribution in [-0.4, -0.2) is 26.0 Å². The van der Waals surface area contributed by atoms with Gasteiger partial charge in [0.15, 0.2) is 5.82 Å². The Morgan fingerprint density at radius 1 is 1.33 bits per heavy atom. The minimum absolute atomic E-state index is 0.0704. The number of aromatic amines is 1. The molecule has 1 atom stereocenters. The Kier molecular flexibility index (Phi) is 4.03. The fourth-order valence-electron chi connectivity index (χ4n) is 1.92. The van der Waals surface area contributed by atoms with E-state index < -0.39 is 24.5 Å². The summed E-state index contributed by atoms with van der Waals surface area (Å²) in [6.07, 6.45) is -4.36. The Balaban J connectivity index is 2.21. The number of phenols is 1. The van der Waals surface area contributed by atoms with E-state index in [4.69, 9.17) is 10.8 Å². The molecule has 6 nitrogen and oxygen atoms in total. The SMILES string of the molecule is NC(Cc1ccc(O)cc1)c1n[nH]c(=O)n1CC(F)(F)F. The zero-order valence-corrected chi connectivity index (χ0v) is 10.8. The van der Waals surface area contributed by atoms with E-state index in [9.17, 15) is 18.0 Å². The van der Waals surface area contributed by atoms with Crippen molar-refractivity contribution in [1.82, 2.24) is 14.8 Å². The summed E-state index contributed by atoms with van der Waals surface area (Å²) < 4.78 is 37.8. The van der Waals surface area contributed by atoms with Gasteiger partial charge in [-0.1, -0.05) is 12.1 Å². The highest BCUT2D eigenvalue weighted by atomic mass is 19.4. The maximum Gasteiger partial charge on any atom is 0.406 e. The second-order valence-electron chi connectivity index (χ2n) is 4.57. The standard InChI is InChI=1S/C12H13F3N4O2/c13-12(14,15)6-19-10(17-18-11(19)21)9(16)5-7-1-3-8(20)4-2-7/h1-4,9,20H,5-6,16H2,(H,18,21). The summed E-state index contributed by atoms with van der Waals surface area (Å²) in [4.78, 5) is 11.4. The molecule has 0 spiro atoms. The van der Waals surface area contributed by atoms with Crippen LogP contribution < -0.4 is 11.4 Å². The van der Waals surface area contributed by atoms with E-state index in [1.54, 1.807) is 12.1 Å². The summed E-state index contributed by atoms with van der Waals surface area (Å²) in [5, 5.41) is 14.7. The van der Waals surface area contributed by atoms with Crippen molar-refractivity contribution in [1.29, 1.82) is 0 Å². The molecule has 0 amide bonds. The first-order valence-electron chi connectivity index (χ1n) is 6.01. The minimum atomic E-state index is -4.54. The Bertz CT molecular complexity index is 660. The zero-order valence-electron chi connectivity index (χ0n) is 10.8. The molecule has 114 valence electrons. The molecule has 2 rings (SSSR count). The van der Waals surface area contributed by atoms with Gasteiger partial charge in [0.1, 0.15) is 12.3 Å². The van der Waals surface area contributed by atoms with Crippen LogP contribution >= 0.6 is 0 Å². The molecule has 1 heterocycles. The number of halogens is 3. The number of hydrogen-bond acceptors (Lipinski definition) is 4. The lowest BCUT2D eigenvalue weighted by Gasteiger charge is -2.14. The molecule has 9 heteroatoms. The number of benzene rings is 1. The molecule has 0 aliphatic rings. The van der Waals surface area contributed by atoms with Gasteiger partial charge in [0.25, 0.3) is 0 Å². The molecule has 0 saturated carbocycles. The quantitative estimate of drug-likeness (QED) is 0.787. The van der Waals surface area contributed by atoms with Gasteiger partial charge >= 0.3 is 11.9 Å². The van der Waals surface area contributed by atoms with E-state index in [1.165, 1.54) is 12.1 Å². The molecule has 1 aromatic carbocycles. The van der Waals surface area contributed by atoms with Gasteiger partial charge in [0, 0.05) is 0 Å². The van der Waals surface area contributed by atoms with Crippen LogP contribution in [0.3, 0.4) is 0 Å². The van der Waals surface area contributed by atoms with Crippen LogP contribution in [0.1, 0.15) is 17.4 Å². The number of alkyl halides is 3. The number of aromatic hydroxyl groups is 1. The largest absolute Gasteiger partial charge is 0.508 e. The van der Waals surface area contributed by atoms with Crippen molar-refractivity contribution >= 4 is 0 Å². The summed E-state index contributed by atoms with van der Waals surface area (Å²) in [6, 6.07) is 5.18. The van der Waals surface area contributed by atoms with Gasteiger partial charge < -0.3 is 10.8 Å². The van der Waals surface area contributed by atoms with Crippen molar-refractivity contribution in [3.8, 4) is 5.75 Å². The molecule has 0 saturated heterocycles. The first kappa shape index (κ1) is 15.1. The number of nitrogens with two attached hydrogens (primary N) is 1. The van der Waals surface area contributed by atoms with Crippen molar-refractivity contribution in [2.45, 2.75) is 25.2 Å². The molecule has 1 unspecified atom stereocenters. The number of nitrogens with one attached hydrogen (secondary N) is 1. The van der Waals surface area contributed by atoms with Gasteiger partial charge in [-0.2, -0.15) is 18.3 Å². The van der Waals surface area contributed by atoms with Crippen LogP contribution in [0.5, 0.6) is 5.75 Å². The van der Waals surface area contributed by atoms with Gasteiger partial charge in [-0.25, -0.2) is 9.89 Å². The molecule has 0 aliphatic heterocycles. The molecule has 0 radical (unpaired) electrons. The molecular formula is C12H13F3N4O2. The van der Waals surface area contributed by atoms with Crippen LogP contribution in [0.25, 0.3) is 0 Å². The first-order chi connectivity index (χ1) is 9.76. The van der Waals surface area contributed by atoms with Crippen molar-refractivity contribution in [2.75, 3.05) is 0 Å². The topological polar surface area (TPSA) is 96.9 Å². The highest BCUT2D eigenvalue weighted by molar-refractivity contribution is 5.26. The summed E-state index contributed by atoms with van der Waals surface area (Å²) in [7, 11) is 0. The number of aromatic nitrogens is 3. The Morgan fingerprint density at radius 3 is 2.52 bits per heavy atom. The number of H-pyrrole nitrogens is 1. The third kappa shape index (κ3) is 3.85. The van der Waals surface area contributed by atoms with Crippen LogP contribution in [0, 0.1) is 0 Å². The van der Waals surface area contributed by atoms with Gasteiger partial charge in [0.05, 0.1) is 6.04 Å². The average Bonchev–Trinajstić information content (AvgIpc) is 2.72. The van der Waals surface area contributed by atoms with Gasteiger partial charge in [0.2, 0.25) is 0 Å². The summed E-state index contributed by atoms with van der Waals surface area (Å²) in [5.41, 5.74) is 5.57. The van der Waals surface area contributed by atoms with Gasteiger partial charge in [-0.05, 0) is 24.1 Å². The third-order valence-corrected chi connectivity index (χ3v) is 2.85. The predicted molar refractivity (Wildman–Crippen MR) is 67.6 cm³/mol. The number of phenolic OH excluding ortho intramolecular Hbond substituents is 1. The predicted octanol–water partition coefficient (Wildman–Crippen LogP) is 1.08. The lowest BCUT2D eigenvalue weighted by Crippen LogP contribution is -2.30. The van der Waals surface area contributed by atoms with E-state index in [-0.39, 0.29) is 18.0 Å². The molecule has 2 aromatic rings. The fraction of sp³-hybridized carbons (Fsp3) is 0.333. The molecule has 21 heavy (non-hydrogen) atoms. The number of hydrogen-bond donors (Lipinski definition) is 3. The molecule has 1 aromatic heterocycles. The molecule has 0 bridgehead atoms. The summed E-state index contributed by atoms with van der Waals surface area (Å²) in [5.74, 6) is -0.0912. The number of rotatable bonds is 4. The van der Waals surface area contributed by atoms with Crippen molar-refractivity contribution in [3.63, 3.8) is 0 Å². The normalized spacial score (nSPS) is 13.3. The fourth-order valence-corrected chi connectivity index (χ4v) is 1.92. The summed E-state index contributed by atoms with van der Waals surface area (Å²) in [6.45, 7) is -1.44. The second-order valence-corrected chi connectivity index (χ2v) is 4.57. The van der Waals surface area contributed by atoms with Crippen LogP contribution in [0.15, 0.2) is 29.1 Å². The van der Waals surface area contributed by atoms with E-state index >= 15 is 0 Å². The monoisotopic (exact) mass is 302 g/mol. The molecular weight excluding hydrogens is 289 g/mol. The first-order valence-corrected chi connectivity index (χ1v) is 6.01. The van der Waals surface area contributed by atoms with Gasteiger partial charge in [-0.3, -0.25) is 4.57 Å². The van der Waals surface area contributed by atoms with Crippen molar-refractivity contribution in [3.05, 3.63) is 46.1 Å². The zero-order chi connectivity index (χ0) is 15.6. The van der Waals surface area contributed by atoms with Crippen molar-refractivity contribution in [2.24, 2.45) is 5.73 Å². The Hall–Kier alpha value is -2.29. The molecule has 4 N–H and O–H groups in total. The Morgan fingerprint density at radius 2 is 1.95 bits per heavy atom. The second kappa shape index (κ2) is 5.60. The van der Waals surface area contributed by atoms with Crippen LogP contribution in [0.2, 0.25) is 0 Å². The lowest BCUT2D eigenvalue weighted by molar-refractivity contribution is -0.141. The smallest absolute Gasteiger partial charge is 0.406 e. The van der Waals surface area contributed by atoms with Crippen molar-refractivity contribution < 1.29 is 18.3 Å². The summed E-state index contributed by atoms with van der Waals surface area (Å²) >= 11 is 0. The lowest BCUT2D eigenvalue weighted by atomic mass is 10.1. The van der Waals surface area contributed by atoms with Crippen LogP contribution in [-0.2, 0) is 13.0 Å². The molecule has 0 aliphatic carbocycles. The third-order valence-electron chi connectivity index (χ3n) is 2.85. The van der Waals surface area contributed by atoms with E-state index in [0.717, 1.165) is 0 Å². The van der Waals surface area contributed by atoms with E-state index in [0.29, 0.717) is 10.1 Å². The Labute approximate surface area is 117 Å². The highest BCUT2D eigenvalue weighted by Gasteiger charge is 2.31. The maximum absolute atomic E-state index is 12.4.